The molecule has 0 radical (unpaired) electrons. The first-order valence-corrected chi connectivity index (χ1v) is 6.35. The molecule has 0 aliphatic rings. The summed E-state index contributed by atoms with van der Waals surface area (Å²) >= 11 is 5.15. The van der Waals surface area contributed by atoms with Gasteiger partial charge in [-0.2, -0.15) is 0 Å². The van der Waals surface area contributed by atoms with Crippen molar-refractivity contribution < 1.29 is 4.74 Å². The highest BCUT2D eigenvalue weighted by atomic mass is 32.1. The third-order valence-electron chi connectivity index (χ3n) is 2.23. The van der Waals surface area contributed by atoms with Crippen LogP contribution in [0.1, 0.15) is 26.1 Å². The van der Waals surface area contributed by atoms with E-state index in [4.69, 9.17) is 17.0 Å². The van der Waals surface area contributed by atoms with E-state index < -0.39 is 0 Å². The van der Waals surface area contributed by atoms with Gasteiger partial charge in [0.25, 0.3) is 0 Å². The Morgan fingerprint density at radius 3 is 2.94 bits per heavy atom. The molecule has 5 heteroatoms. The second-order valence-electron chi connectivity index (χ2n) is 4.45. The number of hydrogen-bond acceptors (Lipinski definition) is 4. The van der Waals surface area contributed by atoms with E-state index in [1.165, 1.54) is 0 Å². The maximum Gasteiger partial charge on any atom is 0.131 e. The number of nitrogens with zero attached hydrogens (tertiary/aromatic N) is 1. The molecule has 0 fully saturated rings. The molecule has 0 aliphatic carbocycles. The van der Waals surface area contributed by atoms with Crippen LogP contribution in [-0.4, -0.2) is 30.2 Å². The van der Waals surface area contributed by atoms with Gasteiger partial charge in [-0.1, -0.05) is 26.1 Å². The Morgan fingerprint density at radius 2 is 2.29 bits per heavy atom. The van der Waals surface area contributed by atoms with E-state index in [-0.39, 0.29) is 0 Å². The molecule has 1 aromatic rings. The van der Waals surface area contributed by atoms with Gasteiger partial charge in [-0.25, -0.2) is 4.98 Å². The molecule has 0 atom stereocenters. The molecule has 0 amide bonds. The number of hydrogen-bond donors (Lipinski definition) is 2. The quantitative estimate of drug-likeness (QED) is 0.581. The van der Waals surface area contributed by atoms with Crippen LogP contribution in [0.15, 0.2) is 6.07 Å². The molecule has 96 valence electrons. The van der Waals surface area contributed by atoms with Gasteiger partial charge in [-0.3, -0.25) is 0 Å². The summed E-state index contributed by atoms with van der Waals surface area (Å²) in [6.45, 7) is 5.95. The van der Waals surface area contributed by atoms with Crippen LogP contribution in [0.3, 0.4) is 0 Å². The van der Waals surface area contributed by atoms with Crippen molar-refractivity contribution in [3.05, 3.63) is 16.5 Å². The van der Waals surface area contributed by atoms with Crippen LogP contribution < -0.4 is 5.32 Å². The second-order valence-corrected chi connectivity index (χ2v) is 4.87. The van der Waals surface area contributed by atoms with Gasteiger partial charge in [0.1, 0.15) is 16.3 Å². The van der Waals surface area contributed by atoms with Crippen molar-refractivity contribution in [2.75, 3.05) is 25.6 Å². The van der Waals surface area contributed by atoms with E-state index in [0.29, 0.717) is 10.6 Å². The van der Waals surface area contributed by atoms with Crippen molar-refractivity contribution in [2.45, 2.75) is 26.7 Å². The summed E-state index contributed by atoms with van der Waals surface area (Å²) in [5, 5.41) is 3.29. The third kappa shape index (κ3) is 5.79. The Morgan fingerprint density at radius 1 is 1.53 bits per heavy atom. The normalized spacial score (nSPS) is 10.8. The first-order chi connectivity index (χ1) is 8.11. The number of methoxy groups -OCH3 is 1. The standard InChI is InChI=1S/C12H21N3OS/c1-9(2)7-11-14-10(8-12(17)15-11)13-5-4-6-16-3/h8-9H,4-7H2,1-3H3,(H2,13,14,15,17). The van der Waals surface area contributed by atoms with Crippen LogP contribution >= 0.6 is 12.2 Å². The van der Waals surface area contributed by atoms with Crippen LogP contribution in [0.5, 0.6) is 0 Å². The molecule has 2 N–H and O–H groups in total. The molecule has 17 heavy (non-hydrogen) atoms. The molecule has 1 rings (SSSR count). The Kier molecular flexibility index (Phi) is 6.15. The fourth-order valence-electron chi connectivity index (χ4n) is 1.53. The summed E-state index contributed by atoms with van der Waals surface area (Å²) < 4.78 is 5.63. The van der Waals surface area contributed by atoms with Gasteiger partial charge in [0.15, 0.2) is 0 Å². The maximum absolute atomic E-state index is 5.15. The molecule has 0 aliphatic heterocycles. The highest BCUT2D eigenvalue weighted by molar-refractivity contribution is 7.71. The summed E-state index contributed by atoms with van der Waals surface area (Å²) in [5.74, 6) is 2.45. The number of aromatic nitrogens is 2. The molecular formula is C12H21N3OS. The summed E-state index contributed by atoms with van der Waals surface area (Å²) in [5.41, 5.74) is 0. The summed E-state index contributed by atoms with van der Waals surface area (Å²) in [6.07, 6.45) is 1.89. The summed E-state index contributed by atoms with van der Waals surface area (Å²) in [4.78, 5) is 7.58. The van der Waals surface area contributed by atoms with Gasteiger partial charge in [-0.15, -0.1) is 0 Å². The summed E-state index contributed by atoms with van der Waals surface area (Å²) in [7, 11) is 1.71. The van der Waals surface area contributed by atoms with Crippen LogP contribution in [-0.2, 0) is 11.2 Å². The molecule has 0 unspecified atom stereocenters. The zero-order valence-electron chi connectivity index (χ0n) is 10.7. The highest BCUT2D eigenvalue weighted by Crippen LogP contribution is 2.08. The fourth-order valence-corrected chi connectivity index (χ4v) is 1.75. The van der Waals surface area contributed by atoms with Crippen molar-refractivity contribution in [2.24, 2.45) is 5.92 Å². The Bertz CT molecular complexity index is 390. The fraction of sp³-hybridized carbons (Fsp3) is 0.667. The van der Waals surface area contributed by atoms with E-state index in [1.54, 1.807) is 7.11 Å². The minimum atomic E-state index is 0.567. The number of ether oxygens (including phenoxy) is 1. The molecule has 1 heterocycles. The molecule has 0 bridgehead atoms. The Hall–Kier alpha value is -0.940. The number of anilines is 1. The van der Waals surface area contributed by atoms with E-state index >= 15 is 0 Å². The van der Waals surface area contributed by atoms with Gasteiger partial charge in [-0.05, 0) is 12.3 Å². The van der Waals surface area contributed by atoms with Crippen LogP contribution in [0.4, 0.5) is 5.82 Å². The molecule has 0 saturated carbocycles. The van der Waals surface area contributed by atoms with Gasteiger partial charge in [0.05, 0.1) is 0 Å². The van der Waals surface area contributed by atoms with E-state index in [1.807, 2.05) is 6.07 Å². The minimum Gasteiger partial charge on any atom is -0.385 e. The predicted molar refractivity (Wildman–Crippen MR) is 72.9 cm³/mol. The van der Waals surface area contributed by atoms with Crippen LogP contribution in [0, 0.1) is 10.6 Å². The Balaban J connectivity index is 2.59. The maximum atomic E-state index is 5.15. The Labute approximate surface area is 108 Å². The average Bonchev–Trinajstić information content (AvgIpc) is 2.22. The van der Waals surface area contributed by atoms with Crippen LogP contribution in [0.2, 0.25) is 0 Å². The molecule has 4 nitrogen and oxygen atoms in total. The summed E-state index contributed by atoms with van der Waals surface area (Å²) in [6, 6.07) is 1.85. The van der Waals surface area contributed by atoms with Crippen molar-refractivity contribution >= 4 is 18.0 Å². The van der Waals surface area contributed by atoms with Crippen molar-refractivity contribution in [1.82, 2.24) is 9.97 Å². The second kappa shape index (κ2) is 7.40. The van der Waals surface area contributed by atoms with Gasteiger partial charge in [0, 0.05) is 32.7 Å². The smallest absolute Gasteiger partial charge is 0.131 e. The lowest BCUT2D eigenvalue weighted by Crippen LogP contribution is -2.09. The zero-order valence-corrected chi connectivity index (χ0v) is 11.6. The number of rotatable bonds is 7. The lowest BCUT2D eigenvalue weighted by Gasteiger charge is -2.09. The van der Waals surface area contributed by atoms with Crippen LogP contribution in [0.25, 0.3) is 0 Å². The number of aromatic amines is 1. The largest absolute Gasteiger partial charge is 0.385 e. The molecule has 0 aromatic carbocycles. The first-order valence-electron chi connectivity index (χ1n) is 5.95. The van der Waals surface area contributed by atoms with Gasteiger partial charge < -0.3 is 15.0 Å². The average molecular weight is 255 g/mol. The van der Waals surface area contributed by atoms with E-state index in [2.05, 4.69) is 29.1 Å². The topological polar surface area (TPSA) is 49.9 Å². The molecule has 0 saturated heterocycles. The minimum absolute atomic E-state index is 0.567. The molecule has 1 aromatic heterocycles. The predicted octanol–water partition coefficient (Wildman–Crippen LogP) is 2.79. The zero-order chi connectivity index (χ0) is 12.7. The van der Waals surface area contributed by atoms with E-state index in [0.717, 1.165) is 37.6 Å². The first kappa shape index (κ1) is 14.1. The number of nitrogens with one attached hydrogen (secondary N) is 2. The third-order valence-corrected chi connectivity index (χ3v) is 2.44. The lowest BCUT2D eigenvalue weighted by molar-refractivity contribution is 0.197. The van der Waals surface area contributed by atoms with Gasteiger partial charge in [0.2, 0.25) is 0 Å². The monoisotopic (exact) mass is 255 g/mol. The van der Waals surface area contributed by atoms with Crippen molar-refractivity contribution in [3.8, 4) is 0 Å². The van der Waals surface area contributed by atoms with E-state index in [9.17, 15) is 0 Å². The van der Waals surface area contributed by atoms with Gasteiger partial charge >= 0.3 is 0 Å². The number of H-pyrrole nitrogens is 1. The lowest BCUT2D eigenvalue weighted by atomic mass is 10.1. The molecular weight excluding hydrogens is 234 g/mol. The highest BCUT2D eigenvalue weighted by Gasteiger charge is 2.01. The molecule has 0 spiro atoms. The van der Waals surface area contributed by atoms with Crippen molar-refractivity contribution in [1.29, 1.82) is 0 Å². The van der Waals surface area contributed by atoms with Crippen molar-refractivity contribution in [3.63, 3.8) is 0 Å². The SMILES string of the molecule is COCCCNc1cc(=S)nc(CC(C)C)[nH]1.